The summed E-state index contributed by atoms with van der Waals surface area (Å²) >= 11 is 0. The highest BCUT2D eigenvalue weighted by molar-refractivity contribution is 5.85. The number of benzene rings is 1. The SMILES string of the molecule is CNCCCNCCOCCOCCC#Cc1cccc(C=O)c1CN(C)C(C)CCC(=O)NC=O. The van der Waals surface area contributed by atoms with E-state index in [1.54, 1.807) is 6.07 Å². The Kier molecular flexibility index (Phi) is 18.0. The van der Waals surface area contributed by atoms with Crippen LogP contribution in [0.25, 0.3) is 0 Å². The van der Waals surface area contributed by atoms with Crippen LogP contribution in [-0.2, 0) is 25.6 Å². The van der Waals surface area contributed by atoms with E-state index in [-0.39, 0.29) is 18.4 Å². The maximum absolute atomic E-state index is 11.6. The fourth-order valence-corrected chi connectivity index (χ4v) is 3.37. The number of rotatable bonds is 20. The second-order valence-corrected chi connectivity index (χ2v) is 8.46. The molecule has 9 heteroatoms. The Labute approximate surface area is 215 Å². The van der Waals surface area contributed by atoms with Crippen LogP contribution in [0.15, 0.2) is 18.2 Å². The Hall–Kier alpha value is -2.61. The van der Waals surface area contributed by atoms with Gasteiger partial charge in [-0.1, -0.05) is 24.0 Å². The molecular formula is C27H42N4O5. The summed E-state index contributed by atoms with van der Waals surface area (Å²) in [5, 5.41) is 8.59. The molecule has 0 aromatic heterocycles. The van der Waals surface area contributed by atoms with Gasteiger partial charge in [0.1, 0.15) is 6.29 Å². The van der Waals surface area contributed by atoms with Crippen molar-refractivity contribution < 1.29 is 23.9 Å². The molecule has 0 heterocycles. The number of nitrogens with zero attached hydrogens (tertiary/aromatic N) is 1. The highest BCUT2D eigenvalue weighted by atomic mass is 16.5. The molecule has 0 saturated carbocycles. The van der Waals surface area contributed by atoms with Crippen LogP contribution in [0.5, 0.6) is 0 Å². The van der Waals surface area contributed by atoms with Crippen molar-refractivity contribution in [3.63, 3.8) is 0 Å². The molecule has 1 unspecified atom stereocenters. The first-order valence-electron chi connectivity index (χ1n) is 12.5. The van der Waals surface area contributed by atoms with Crippen molar-refractivity contribution in [3.05, 3.63) is 34.9 Å². The summed E-state index contributed by atoms with van der Waals surface area (Å²) in [7, 11) is 3.89. The van der Waals surface area contributed by atoms with E-state index in [1.165, 1.54) is 0 Å². The molecule has 0 bridgehead atoms. The fraction of sp³-hybridized carbons (Fsp3) is 0.593. The Morgan fingerprint density at radius 2 is 1.89 bits per heavy atom. The molecule has 2 amide bonds. The second-order valence-electron chi connectivity index (χ2n) is 8.46. The van der Waals surface area contributed by atoms with Crippen molar-refractivity contribution in [2.45, 2.75) is 45.2 Å². The van der Waals surface area contributed by atoms with Crippen molar-refractivity contribution in [2.75, 3.05) is 60.2 Å². The molecule has 0 aliphatic rings. The van der Waals surface area contributed by atoms with Gasteiger partial charge in [0.25, 0.3) is 0 Å². The number of carbonyl (C=O) groups excluding carboxylic acids is 3. The van der Waals surface area contributed by atoms with Gasteiger partial charge in [-0.25, -0.2) is 0 Å². The van der Waals surface area contributed by atoms with Crippen molar-refractivity contribution >= 4 is 18.6 Å². The van der Waals surface area contributed by atoms with E-state index >= 15 is 0 Å². The molecule has 0 radical (unpaired) electrons. The third-order valence-corrected chi connectivity index (χ3v) is 5.68. The van der Waals surface area contributed by atoms with E-state index in [0.29, 0.717) is 57.8 Å². The number of ether oxygens (including phenoxy) is 2. The minimum atomic E-state index is -0.299. The number of aldehydes is 1. The molecule has 1 aromatic carbocycles. The normalized spacial score (nSPS) is 11.6. The Morgan fingerprint density at radius 3 is 2.61 bits per heavy atom. The molecule has 0 saturated heterocycles. The van der Waals surface area contributed by atoms with Gasteiger partial charge in [-0.15, -0.1) is 0 Å². The van der Waals surface area contributed by atoms with E-state index in [9.17, 15) is 14.4 Å². The first-order valence-corrected chi connectivity index (χ1v) is 12.5. The molecule has 9 nitrogen and oxygen atoms in total. The highest BCUT2D eigenvalue weighted by Gasteiger charge is 2.15. The molecular weight excluding hydrogens is 460 g/mol. The number of hydrogen-bond acceptors (Lipinski definition) is 8. The van der Waals surface area contributed by atoms with Crippen molar-refractivity contribution in [1.29, 1.82) is 0 Å². The van der Waals surface area contributed by atoms with Gasteiger partial charge in [-0.2, -0.15) is 0 Å². The van der Waals surface area contributed by atoms with Crippen molar-refractivity contribution in [2.24, 2.45) is 0 Å². The first kappa shape index (κ1) is 31.4. The average Bonchev–Trinajstić information content (AvgIpc) is 2.88. The summed E-state index contributed by atoms with van der Waals surface area (Å²) in [6.07, 6.45) is 3.77. The molecule has 0 aliphatic carbocycles. The lowest BCUT2D eigenvalue weighted by Gasteiger charge is -2.25. The lowest BCUT2D eigenvalue weighted by atomic mass is 10.0. The largest absolute Gasteiger partial charge is 0.378 e. The predicted octanol–water partition coefficient (Wildman–Crippen LogP) is 1.35. The lowest BCUT2D eigenvalue weighted by molar-refractivity contribution is -0.125. The highest BCUT2D eigenvalue weighted by Crippen LogP contribution is 2.17. The summed E-state index contributed by atoms with van der Waals surface area (Å²) in [4.78, 5) is 35.6. The van der Waals surface area contributed by atoms with Crippen LogP contribution in [-0.4, -0.2) is 89.7 Å². The number of hydrogen-bond donors (Lipinski definition) is 3. The third-order valence-electron chi connectivity index (χ3n) is 5.68. The Bertz CT molecular complexity index is 837. The van der Waals surface area contributed by atoms with Gasteiger partial charge in [-0.3, -0.25) is 24.6 Å². The summed E-state index contributed by atoms with van der Waals surface area (Å²) in [5.74, 6) is 6.01. The van der Waals surface area contributed by atoms with E-state index in [4.69, 9.17) is 9.47 Å². The van der Waals surface area contributed by atoms with E-state index in [2.05, 4.69) is 32.7 Å². The number of nitrogens with one attached hydrogen (secondary N) is 3. The standard InChI is InChI=1S/C27H42N4O5/c1-23(11-12-27(34)30-22-33)31(3)20-26-24(9-6-10-25(26)21-32)8-4-5-16-35-18-19-36-17-15-29-14-7-13-28-2/h6,9-10,21-23,28-29H,5,7,11-20H2,1-3H3,(H,30,33,34). The predicted molar refractivity (Wildman–Crippen MR) is 141 cm³/mol. The zero-order valence-corrected chi connectivity index (χ0v) is 21.9. The summed E-state index contributed by atoms with van der Waals surface area (Å²) in [6.45, 7) is 7.61. The minimum Gasteiger partial charge on any atom is -0.378 e. The maximum atomic E-state index is 11.6. The van der Waals surface area contributed by atoms with Crippen LogP contribution in [0.1, 0.15) is 54.1 Å². The number of imide groups is 1. The van der Waals surface area contributed by atoms with Crippen LogP contribution in [0.2, 0.25) is 0 Å². The van der Waals surface area contributed by atoms with E-state index < -0.39 is 0 Å². The molecule has 1 rings (SSSR count). The molecule has 1 atom stereocenters. The topological polar surface area (TPSA) is 109 Å². The van der Waals surface area contributed by atoms with Crippen molar-refractivity contribution in [3.8, 4) is 11.8 Å². The van der Waals surface area contributed by atoms with Crippen LogP contribution >= 0.6 is 0 Å². The Morgan fingerprint density at radius 1 is 1.11 bits per heavy atom. The Balaban J connectivity index is 2.42. The van der Waals surface area contributed by atoms with Gasteiger partial charge in [0.05, 0.1) is 26.4 Å². The second kappa shape index (κ2) is 20.6. The molecule has 0 spiro atoms. The van der Waals surface area contributed by atoms with Crippen LogP contribution in [0, 0.1) is 11.8 Å². The van der Waals surface area contributed by atoms with Crippen LogP contribution in [0.4, 0.5) is 0 Å². The van der Waals surface area contributed by atoms with Gasteiger partial charge in [0.15, 0.2) is 0 Å². The minimum absolute atomic E-state index is 0.0766. The zero-order valence-electron chi connectivity index (χ0n) is 21.9. The number of amides is 2. The van der Waals surface area contributed by atoms with E-state index in [0.717, 1.165) is 43.5 Å². The average molecular weight is 503 g/mol. The molecule has 3 N–H and O–H groups in total. The summed E-state index contributed by atoms with van der Waals surface area (Å²) in [6, 6.07) is 5.60. The monoisotopic (exact) mass is 502 g/mol. The third kappa shape index (κ3) is 14.1. The van der Waals surface area contributed by atoms with Gasteiger partial charge in [0, 0.05) is 43.1 Å². The smallest absolute Gasteiger partial charge is 0.226 e. The maximum Gasteiger partial charge on any atom is 0.226 e. The molecule has 200 valence electrons. The van der Waals surface area contributed by atoms with Crippen LogP contribution < -0.4 is 16.0 Å². The molecule has 0 fully saturated rings. The quantitative estimate of drug-likeness (QED) is 0.139. The van der Waals surface area contributed by atoms with Gasteiger partial charge >= 0.3 is 0 Å². The number of carbonyl (C=O) groups is 3. The summed E-state index contributed by atoms with van der Waals surface area (Å²) < 4.78 is 11.1. The van der Waals surface area contributed by atoms with Gasteiger partial charge in [-0.05, 0) is 58.6 Å². The fourth-order valence-electron chi connectivity index (χ4n) is 3.37. The molecule has 0 aliphatic heterocycles. The zero-order chi connectivity index (χ0) is 26.4. The molecule has 1 aromatic rings. The summed E-state index contributed by atoms with van der Waals surface area (Å²) in [5.41, 5.74) is 2.27. The van der Waals surface area contributed by atoms with Gasteiger partial charge in [0.2, 0.25) is 12.3 Å². The lowest BCUT2D eigenvalue weighted by Crippen LogP contribution is -2.31. The first-order chi connectivity index (χ1) is 17.5. The van der Waals surface area contributed by atoms with Crippen LogP contribution in [0.3, 0.4) is 0 Å². The van der Waals surface area contributed by atoms with Gasteiger partial charge < -0.3 is 20.1 Å². The van der Waals surface area contributed by atoms with Crippen molar-refractivity contribution in [1.82, 2.24) is 20.9 Å². The van der Waals surface area contributed by atoms with E-state index in [1.807, 2.05) is 33.2 Å². The molecule has 36 heavy (non-hydrogen) atoms.